The van der Waals surface area contributed by atoms with Crippen LogP contribution in [0.3, 0.4) is 0 Å². The van der Waals surface area contributed by atoms with Gasteiger partial charge in [-0.05, 0) is 42.5 Å². The molecule has 0 aliphatic carbocycles. The predicted octanol–water partition coefficient (Wildman–Crippen LogP) is 3.67. The van der Waals surface area contributed by atoms with Crippen LogP contribution in [0.25, 0.3) is 6.08 Å². The maximum Gasteiger partial charge on any atom is 0.294 e. The molecule has 0 aromatic heterocycles. The van der Waals surface area contributed by atoms with Crippen LogP contribution in [0.2, 0.25) is 0 Å². The summed E-state index contributed by atoms with van der Waals surface area (Å²) in [6.07, 6.45) is 1.66. The number of hydrogen-bond acceptors (Lipinski definition) is 4. The molecule has 5 nitrogen and oxygen atoms in total. The lowest BCUT2D eigenvalue weighted by atomic mass is 10.2. The molecular formula is C19H16N2O3S. The second-order valence-electron chi connectivity index (χ2n) is 5.59. The summed E-state index contributed by atoms with van der Waals surface area (Å²) >= 11 is 0.845. The van der Waals surface area contributed by atoms with Gasteiger partial charge in [0.15, 0.2) is 0 Å². The maximum atomic E-state index is 12.4. The van der Waals surface area contributed by atoms with Gasteiger partial charge in [0.05, 0.1) is 4.91 Å². The molecule has 1 aliphatic rings. The van der Waals surface area contributed by atoms with Gasteiger partial charge >= 0.3 is 0 Å². The second kappa shape index (κ2) is 7.36. The van der Waals surface area contributed by atoms with Crippen molar-refractivity contribution in [2.45, 2.75) is 6.92 Å². The molecule has 0 unspecified atom stereocenters. The molecule has 2 aromatic carbocycles. The third-order valence-corrected chi connectivity index (χ3v) is 4.52. The number of carbonyl (C=O) groups excluding carboxylic acids is 3. The van der Waals surface area contributed by atoms with Crippen molar-refractivity contribution in [2.75, 3.05) is 11.9 Å². The number of carbonyl (C=O) groups is 3. The number of anilines is 1. The number of nitrogens with zero attached hydrogens (tertiary/aromatic N) is 1. The molecule has 1 N–H and O–H groups in total. The topological polar surface area (TPSA) is 66.5 Å². The average Bonchev–Trinajstić information content (AvgIpc) is 2.85. The van der Waals surface area contributed by atoms with E-state index in [1.165, 1.54) is 0 Å². The summed E-state index contributed by atoms with van der Waals surface area (Å²) in [4.78, 5) is 37.9. The van der Waals surface area contributed by atoms with Gasteiger partial charge in [0.1, 0.15) is 6.54 Å². The number of amides is 3. The number of hydrogen-bond donors (Lipinski definition) is 1. The van der Waals surface area contributed by atoms with Crippen molar-refractivity contribution >= 4 is 40.6 Å². The Kier molecular flexibility index (Phi) is 5.00. The van der Waals surface area contributed by atoms with Crippen LogP contribution in [-0.4, -0.2) is 28.5 Å². The highest BCUT2D eigenvalue weighted by molar-refractivity contribution is 8.18. The average molecular weight is 352 g/mol. The van der Waals surface area contributed by atoms with Crippen molar-refractivity contribution in [1.29, 1.82) is 0 Å². The van der Waals surface area contributed by atoms with Crippen LogP contribution in [0.15, 0.2) is 59.5 Å². The monoisotopic (exact) mass is 352 g/mol. The van der Waals surface area contributed by atoms with Crippen molar-refractivity contribution in [3.63, 3.8) is 0 Å². The van der Waals surface area contributed by atoms with E-state index in [9.17, 15) is 14.4 Å². The molecule has 0 bridgehead atoms. The first-order chi connectivity index (χ1) is 12.0. The first-order valence-corrected chi connectivity index (χ1v) is 8.51. The maximum absolute atomic E-state index is 12.4. The first-order valence-electron chi connectivity index (χ1n) is 7.70. The van der Waals surface area contributed by atoms with Crippen LogP contribution < -0.4 is 5.32 Å². The molecule has 0 radical (unpaired) electrons. The number of rotatable bonds is 4. The summed E-state index contributed by atoms with van der Waals surface area (Å²) < 4.78 is 0. The minimum atomic E-state index is -0.446. The Bertz CT molecular complexity index is 845. The summed E-state index contributed by atoms with van der Waals surface area (Å²) in [5.74, 6) is -0.856. The minimum Gasteiger partial charge on any atom is -0.325 e. The molecule has 1 saturated heterocycles. The van der Waals surface area contributed by atoms with E-state index >= 15 is 0 Å². The Balaban J connectivity index is 1.67. The fourth-order valence-corrected chi connectivity index (χ4v) is 3.16. The molecule has 0 saturated carbocycles. The van der Waals surface area contributed by atoms with Crippen LogP contribution >= 0.6 is 11.8 Å². The first kappa shape index (κ1) is 17.0. The van der Waals surface area contributed by atoms with Crippen LogP contribution in [0, 0.1) is 6.92 Å². The summed E-state index contributed by atoms with van der Waals surface area (Å²) in [6, 6.07) is 16.6. The van der Waals surface area contributed by atoms with E-state index in [2.05, 4.69) is 5.32 Å². The van der Waals surface area contributed by atoms with Gasteiger partial charge in [0.25, 0.3) is 11.1 Å². The SMILES string of the molecule is Cc1ccc(NC(=O)CN2C(=O)S/C(=C\c3ccccc3)C2=O)cc1. The molecule has 2 aromatic rings. The van der Waals surface area contributed by atoms with Crippen molar-refractivity contribution < 1.29 is 14.4 Å². The number of nitrogens with one attached hydrogen (secondary N) is 1. The highest BCUT2D eigenvalue weighted by Gasteiger charge is 2.36. The molecule has 1 aliphatic heterocycles. The number of imide groups is 1. The Labute approximate surface area is 149 Å². The largest absolute Gasteiger partial charge is 0.325 e. The summed E-state index contributed by atoms with van der Waals surface area (Å²) in [6.45, 7) is 1.65. The lowest BCUT2D eigenvalue weighted by Gasteiger charge is -2.12. The van der Waals surface area contributed by atoms with Crippen molar-refractivity contribution in [3.05, 3.63) is 70.6 Å². The smallest absolute Gasteiger partial charge is 0.294 e. The molecule has 3 rings (SSSR count). The molecule has 126 valence electrons. The highest BCUT2D eigenvalue weighted by Crippen LogP contribution is 2.32. The Hall–Kier alpha value is -2.86. The fourth-order valence-electron chi connectivity index (χ4n) is 2.32. The van der Waals surface area contributed by atoms with Gasteiger partial charge in [0, 0.05) is 5.69 Å². The normalized spacial score (nSPS) is 15.7. The van der Waals surface area contributed by atoms with Crippen LogP contribution in [-0.2, 0) is 9.59 Å². The zero-order valence-corrected chi connectivity index (χ0v) is 14.4. The van der Waals surface area contributed by atoms with Gasteiger partial charge in [0.2, 0.25) is 5.91 Å². The van der Waals surface area contributed by atoms with Gasteiger partial charge in [-0.3, -0.25) is 19.3 Å². The molecule has 25 heavy (non-hydrogen) atoms. The van der Waals surface area contributed by atoms with Gasteiger partial charge < -0.3 is 5.32 Å². The van der Waals surface area contributed by atoms with E-state index in [1.54, 1.807) is 18.2 Å². The van der Waals surface area contributed by atoms with Gasteiger partial charge in [-0.25, -0.2) is 0 Å². The van der Waals surface area contributed by atoms with Gasteiger partial charge in [-0.2, -0.15) is 0 Å². The predicted molar refractivity (Wildman–Crippen MR) is 98.9 cm³/mol. The summed E-state index contributed by atoms with van der Waals surface area (Å²) in [5.41, 5.74) is 2.54. The van der Waals surface area contributed by atoms with E-state index < -0.39 is 17.1 Å². The summed E-state index contributed by atoms with van der Waals surface area (Å²) in [5, 5.41) is 2.25. The second-order valence-corrected chi connectivity index (χ2v) is 6.59. The molecule has 6 heteroatoms. The lowest BCUT2D eigenvalue weighted by molar-refractivity contribution is -0.127. The minimum absolute atomic E-state index is 0.301. The van der Waals surface area contributed by atoms with Crippen molar-refractivity contribution in [2.24, 2.45) is 0 Å². The standard InChI is InChI=1S/C19H16N2O3S/c1-13-7-9-15(10-8-13)20-17(22)12-21-18(23)16(25-19(21)24)11-14-5-3-2-4-6-14/h2-11H,12H2,1H3,(H,20,22)/b16-11-. The fraction of sp³-hybridized carbons (Fsp3) is 0.105. The van der Waals surface area contributed by atoms with Gasteiger partial charge in [-0.15, -0.1) is 0 Å². The van der Waals surface area contributed by atoms with Gasteiger partial charge in [-0.1, -0.05) is 48.0 Å². The Morgan fingerprint density at radius 2 is 1.76 bits per heavy atom. The van der Waals surface area contributed by atoms with E-state index in [0.717, 1.165) is 27.8 Å². The zero-order chi connectivity index (χ0) is 17.8. The van der Waals surface area contributed by atoms with Crippen molar-refractivity contribution in [3.8, 4) is 0 Å². The quantitative estimate of drug-likeness (QED) is 0.853. The van der Waals surface area contributed by atoms with E-state index in [-0.39, 0.29) is 6.54 Å². The third-order valence-electron chi connectivity index (χ3n) is 3.61. The van der Waals surface area contributed by atoms with E-state index in [1.807, 2.05) is 49.4 Å². The van der Waals surface area contributed by atoms with E-state index in [0.29, 0.717) is 10.6 Å². The molecule has 1 heterocycles. The third kappa shape index (κ3) is 4.16. The Morgan fingerprint density at radius 3 is 2.44 bits per heavy atom. The summed E-state index contributed by atoms with van der Waals surface area (Å²) in [7, 11) is 0. The molecule has 0 atom stereocenters. The zero-order valence-electron chi connectivity index (χ0n) is 13.6. The van der Waals surface area contributed by atoms with Crippen LogP contribution in [0.4, 0.5) is 10.5 Å². The lowest BCUT2D eigenvalue weighted by Crippen LogP contribution is -2.36. The molecular weight excluding hydrogens is 336 g/mol. The molecule has 0 spiro atoms. The number of thioether (sulfide) groups is 1. The number of benzene rings is 2. The van der Waals surface area contributed by atoms with Crippen molar-refractivity contribution in [1.82, 2.24) is 4.90 Å². The Morgan fingerprint density at radius 1 is 1.08 bits per heavy atom. The molecule has 3 amide bonds. The van der Waals surface area contributed by atoms with Crippen LogP contribution in [0.1, 0.15) is 11.1 Å². The van der Waals surface area contributed by atoms with E-state index in [4.69, 9.17) is 0 Å². The highest BCUT2D eigenvalue weighted by atomic mass is 32.2. The number of aryl methyl sites for hydroxylation is 1. The molecule has 1 fully saturated rings. The van der Waals surface area contributed by atoms with Crippen LogP contribution in [0.5, 0.6) is 0 Å².